The molecule has 0 fully saturated rings. The van der Waals surface area contributed by atoms with Crippen molar-refractivity contribution in [2.45, 2.75) is 45.4 Å². The lowest BCUT2D eigenvalue weighted by Crippen LogP contribution is -2.36. The average molecular weight is 529 g/mol. The van der Waals surface area contributed by atoms with Crippen LogP contribution in [0.5, 0.6) is 11.5 Å². The second-order valence-electron chi connectivity index (χ2n) is 9.90. The third-order valence-electron chi connectivity index (χ3n) is 7.31. The minimum atomic E-state index is -0.408. The van der Waals surface area contributed by atoms with Crippen LogP contribution in [0.2, 0.25) is 0 Å². The van der Waals surface area contributed by atoms with Crippen molar-refractivity contribution in [1.29, 1.82) is 0 Å². The summed E-state index contributed by atoms with van der Waals surface area (Å²) in [5.74, 6) is 0.750. The molecule has 1 aliphatic heterocycles. The number of aryl methyl sites for hydroxylation is 2. The summed E-state index contributed by atoms with van der Waals surface area (Å²) in [4.78, 5) is 29.7. The highest BCUT2D eigenvalue weighted by atomic mass is 32.1. The number of Topliss-reactive ketones (excluding diaryl/α,β-unsaturated/α-hetero) is 1. The molecule has 3 aromatic rings. The number of hydrogen-bond acceptors (Lipinski definition) is 6. The highest BCUT2D eigenvalue weighted by Gasteiger charge is 2.41. The molecule has 38 heavy (non-hydrogen) atoms. The first-order valence-electron chi connectivity index (χ1n) is 12.7. The number of ether oxygens (including phenoxy) is 2. The minimum Gasteiger partial charge on any atom is -0.493 e. The number of anilines is 1. The number of methoxy groups -OCH3 is 2. The van der Waals surface area contributed by atoms with Crippen LogP contribution in [0.3, 0.4) is 0 Å². The fourth-order valence-corrected chi connectivity index (χ4v) is 6.41. The van der Waals surface area contributed by atoms with Gasteiger partial charge >= 0.3 is 0 Å². The van der Waals surface area contributed by atoms with Gasteiger partial charge in [0.1, 0.15) is 0 Å². The molecular weight excluding hydrogens is 496 g/mol. The predicted octanol–water partition coefficient (Wildman–Crippen LogP) is 6.38. The number of dihydropyridines is 1. The van der Waals surface area contributed by atoms with Gasteiger partial charge in [-0.2, -0.15) is 0 Å². The van der Waals surface area contributed by atoms with Crippen molar-refractivity contribution in [2.75, 3.05) is 19.5 Å². The monoisotopic (exact) mass is 528 g/mol. The van der Waals surface area contributed by atoms with Gasteiger partial charge < -0.3 is 20.1 Å². The van der Waals surface area contributed by atoms with E-state index < -0.39 is 5.92 Å². The normalized spacial score (nSPS) is 19.1. The van der Waals surface area contributed by atoms with Gasteiger partial charge in [-0.15, -0.1) is 11.3 Å². The van der Waals surface area contributed by atoms with Crippen molar-refractivity contribution in [3.63, 3.8) is 0 Å². The van der Waals surface area contributed by atoms with E-state index in [0.717, 1.165) is 38.0 Å². The Hall–Kier alpha value is -3.84. The van der Waals surface area contributed by atoms with Gasteiger partial charge in [-0.3, -0.25) is 9.59 Å². The molecule has 2 aliphatic rings. The van der Waals surface area contributed by atoms with E-state index in [4.69, 9.17) is 9.47 Å². The molecule has 2 unspecified atom stereocenters. The summed E-state index contributed by atoms with van der Waals surface area (Å²) < 4.78 is 10.9. The molecule has 1 aliphatic carbocycles. The number of carbonyl (C=O) groups is 2. The molecule has 2 atom stereocenters. The summed E-state index contributed by atoms with van der Waals surface area (Å²) in [6.45, 7) is 5.98. The highest BCUT2D eigenvalue weighted by molar-refractivity contribution is 7.12. The predicted molar refractivity (Wildman–Crippen MR) is 151 cm³/mol. The summed E-state index contributed by atoms with van der Waals surface area (Å²) >= 11 is 1.63. The molecule has 0 bridgehead atoms. The van der Waals surface area contributed by atoms with Crippen LogP contribution < -0.4 is 20.1 Å². The second-order valence-corrected chi connectivity index (χ2v) is 11.2. The van der Waals surface area contributed by atoms with E-state index >= 15 is 0 Å². The van der Waals surface area contributed by atoms with E-state index in [1.165, 1.54) is 0 Å². The van der Waals surface area contributed by atoms with Gasteiger partial charge in [-0.1, -0.05) is 23.8 Å². The second kappa shape index (κ2) is 10.5. The van der Waals surface area contributed by atoms with Crippen LogP contribution in [-0.4, -0.2) is 25.9 Å². The lowest BCUT2D eigenvalue weighted by Gasteiger charge is -2.36. The molecule has 7 heteroatoms. The van der Waals surface area contributed by atoms with Crippen molar-refractivity contribution in [2.24, 2.45) is 0 Å². The molecule has 5 rings (SSSR count). The van der Waals surface area contributed by atoms with E-state index in [1.807, 2.05) is 75.4 Å². The number of amides is 1. The zero-order valence-corrected chi connectivity index (χ0v) is 23.1. The molecule has 1 amide bonds. The fourth-order valence-electron chi connectivity index (χ4n) is 5.41. The molecule has 196 valence electrons. The summed E-state index contributed by atoms with van der Waals surface area (Å²) in [5, 5.41) is 6.51. The number of allylic oxidation sites excluding steroid dienone is 3. The number of rotatable bonds is 6. The molecule has 2 aromatic carbocycles. The Morgan fingerprint density at radius 1 is 0.947 bits per heavy atom. The van der Waals surface area contributed by atoms with E-state index in [-0.39, 0.29) is 17.6 Å². The number of hydrogen-bond donors (Lipinski definition) is 2. The lowest BCUT2D eigenvalue weighted by atomic mass is 9.73. The molecule has 2 N–H and O–H groups in total. The summed E-state index contributed by atoms with van der Waals surface area (Å²) in [6, 6.07) is 17.7. The Morgan fingerprint density at radius 3 is 2.34 bits per heavy atom. The molecule has 2 heterocycles. The topological polar surface area (TPSA) is 76.7 Å². The Balaban J connectivity index is 1.52. The summed E-state index contributed by atoms with van der Waals surface area (Å²) in [5.41, 5.74) is 5.82. The van der Waals surface area contributed by atoms with Crippen molar-refractivity contribution in [3.8, 4) is 11.5 Å². The number of ketones is 1. The van der Waals surface area contributed by atoms with Crippen LogP contribution in [0.15, 0.2) is 77.1 Å². The molecule has 0 saturated carbocycles. The average Bonchev–Trinajstić information content (AvgIpc) is 3.34. The summed E-state index contributed by atoms with van der Waals surface area (Å²) in [6.07, 6.45) is 1.03. The maximum atomic E-state index is 13.8. The van der Waals surface area contributed by atoms with Gasteiger partial charge in [0.05, 0.1) is 20.1 Å². The third-order valence-corrected chi connectivity index (χ3v) is 8.37. The van der Waals surface area contributed by atoms with Crippen LogP contribution >= 0.6 is 11.3 Å². The van der Waals surface area contributed by atoms with Gasteiger partial charge in [0, 0.05) is 44.4 Å². The first-order chi connectivity index (χ1) is 18.3. The Kier molecular flexibility index (Phi) is 7.13. The number of benzene rings is 2. The zero-order valence-electron chi connectivity index (χ0n) is 22.3. The Bertz CT molecular complexity index is 1470. The van der Waals surface area contributed by atoms with Crippen LogP contribution in [0.25, 0.3) is 0 Å². The maximum Gasteiger partial charge on any atom is 0.254 e. The third kappa shape index (κ3) is 4.86. The van der Waals surface area contributed by atoms with Crippen molar-refractivity contribution >= 4 is 28.7 Å². The van der Waals surface area contributed by atoms with Gasteiger partial charge in [0.2, 0.25) is 0 Å². The molecule has 1 aromatic heterocycles. The van der Waals surface area contributed by atoms with Crippen molar-refractivity contribution < 1.29 is 19.1 Å². The van der Waals surface area contributed by atoms with Crippen LogP contribution in [0, 0.1) is 13.8 Å². The van der Waals surface area contributed by atoms with E-state index in [9.17, 15) is 9.59 Å². The first-order valence-corrected chi connectivity index (χ1v) is 13.5. The maximum absolute atomic E-state index is 13.8. The number of carbonyl (C=O) groups excluding carboxylic acids is 2. The molecular formula is C31H32N2O4S. The van der Waals surface area contributed by atoms with Gasteiger partial charge in [-0.25, -0.2) is 0 Å². The molecule has 6 nitrogen and oxygen atoms in total. The van der Waals surface area contributed by atoms with Crippen LogP contribution in [0.1, 0.15) is 52.5 Å². The molecule has 0 saturated heterocycles. The van der Waals surface area contributed by atoms with E-state index in [2.05, 4.69) is 10.6 Å². The van der Waals surface area contributed by atoms with E-state index in [0.29, 0.717) is 35.5 Å². The molecule has 0 radical (unpaired) electrons. The van der Waals surface area contributed by atoms with Crippen LogP contribution in [-0.2, 0) is 9.59 Å². The summed E-state index contributed by atoms with van der Waals surface area (Å²) in [7, 11) is 3.22. The largest absolute Gasteiger partial charge is 0.493 e. The van der Waals surface area contributed by atoms with Gasteiger partial charge in [-0.05, 0) is 75.1 Å². The molecule has 0 spiro atoms. The van der Waals surface area contributed by atoms with Gasteiger partial charge in [0.15, 0.2) is 17.3 Å². The van der Waals surface area contributed by atoms with Crippen LogP contribution in [0.4, 0.5) is 5.69 Å². The van der Waals surface area contributed by atoms with Crippen molar-refractivity contribution in [3.05, 3.63) is 98.0 Å². The quantitative estimate of drug-likeness (QED) is 0.388. The smallest absolute Gasteiger partial charge is 0.254 e. The standard InChI is InChI=1S/C31H32N2O4S/c1-17-6-10-22(11-7-17)33-31(35)28-19(3)32-23-14-21(20-9-12-25(36-4)26(16-20)37-5)15-24(34)29(23)30(28)27-13-8-18(2)38-27/h6-13,16,21,30,32H,14-15H2,1-5H3,(H,33,35). The fraction of sp³-hybridized carbons (Fsp3) is 0.290. The minimum absolute atomic E-state index is 0.00462. The number of nitrogens with one attached hydrogen (secondary N) is 2. The Morgan fingerprint density at radius 2 is 1.68 bits per heavy atom. The van der Waals surface area contributed by atoms with Gasteiger partial charge in [0.25, 0.3) is 5.91 Å². The van der Waals surface area contributed by atoms with E-state index in [1.54, 1.807) is 25.6 Å². The zero-order chi connectivity index (χ0) is 27.0. The SMILES string of the molecule is COc1ccc(C2CC(=O)C3=C(C2)NC(C)=C(C(=O)Nc2ccc(C)cc2)C3c2ccc(C)s2)cc1OC. The first kappa shape index (κ1) is 25.8. The lowest BCUT2D eigenvalue weighted by molar-refractivity contribution is -0.116. The Labute approximate surface area is 227 Å². The van der Waals surface area contributed by atoms with Crippen molar-refractivity contribution in [1.82, 2.24) is 5.32 Å². The number of thiophene rings is 1. The highest BCUT2D eigenvalue weighted by Crippen LogP contribution is 2.47.